The highest BCUT2D eigenvalue weighted by molar-refractivity contribution is 6.01. The predicted molar refractivity (Wildman–Crippen MR) is 101 cm³/mol. The summed E-state index contributed by atoms with van der Waals surface area (Å²) in [5.74, 6) is -1.73. The van der Waals surface area contributed by atoms with E-state index in [0.29, 0.717) is 5.75 Å². The second kappa shape index (κ2) is 11.0. The number of oxime groups is 1. The van der Waals surface area contributed by atoms with Crippen LogP contribution in [0.15, 0.2) is 53.7 Å². The molecule has 0 saturated heterocycles. The molecule has 0 radical (unpaired) electrons. The zero-order valence-electron chi connectivity index (χ0n) is 15.4. The van der Waals surface area contributed by atoms with Gasteiger partial charge in [0.2, 0.25) is 6.61 Å². The molecule has 2 N–H and O–H groups in total. The molecule has 0 fully saturated rings. The lowest BCUT2D eigenvalue weighted by Crippen LogP contribution is -2.37. The molecule has 0 bridgehead atoms. The molecule has 2 aromatic rings. The lowest BCUT2D eigenvalue weighted by molar-refractivity contribution is -0.152. The fraction of sp³-hybridized carbons (Fsp3) is 0.158. The summed E-state index contributed by atoms with van der Waals surface area (Å²) < 4.78 is 23.1. The van der Waals surface area contributed by atoms with Gasteiger partial charge in [-0.05, 0) is 42.0 Å². The van der Waals surface area contributed by atoms with Crippen molar-refractivity contribution >= 4 is 29.8 Å². The Kier molecular flexibility index (Phi) is 8.11. The number of halogens is 1. The minimum absolute atomic E-state index is 0.0992. The summed E-state index contributed by atoms with van der Waals surface area (Å²) in [6.45, 7) is -1.24. The van der Waals surface area contributed by atoms with E-state index in [-0.39, 0.29) is 5.69 Å². The van der Waals surface area contributed by atoms with E-state index >= 15 is 0 Å². The van der Waals surface area contributed by atoms with Crippen LogP contribution in [-0.2, 0) is 19.2 Å². The van der Waals surface area contributed by atoms with Gasteiger partial charge in [0.05, 0.1) is 19.0 Å². The van der Waals surface area contributed by atoms with Crippen molar-refractivity contribution in [3.05, 3.63) is 59.9 Å². The fourth-order valence-electron chi connectivity index (χ4n) is 1.94. The predicted octanol–water partition coefficient (Wildman–Crippen LogP) is 2.08. The van der Waals surface area contributed by atoms with Gasteiger partial charge in [-0.1, -0.05) is 17.3 Å². The monoisotopic (exact) mass is 403 g/mol. The molecule has 0 aliphatic carbocycles. The standard InChI is InChI=1S/C19H18FN3O6/c1-27-14-8-6-13(7-9-14)10-21-29-12-18(25)28-11-17(24)23-19(26)22-16-5-3-2-4-15(16)20/h2-10H,11-12H2,1H3,(H2,22,23,24,26)/b21-10-. The number of anilines is 1. The summed E-state index contributed by atoms with van der Waals surface area (Å²) >= 11 is 0. The number of imide groups is 1. The molecule has 29 heavy (non-hydrogen) atoms. The average molecular weight is 403 g/mol. The van der Waals surface area contributed by atoms with Crippen molar-refractivity contribution in [2.75, 3.05) is 25.6 Å². The highest BCUT2D eigenvalue weighted by atomic mass is 19.1. The summed E-state index contributed by atoms with van der Waals surface area (Å²) in [5.41, 5.74) is 0.623. The molecule has 0 spiro atoms. The van der Waals surface area contributed by atoms with Crippen molar-refractivity contribution in [3.63, 3.8) is 0 Å². The Labute approximate surface area is 165 Å². The molecule has 0 aliphatic heterocycles. The van der Waals surface area contributed by atoms with Crippen molar-refractivity contribution in [2.24, 2.45) is 5.16 Å². The number of hydrogen-bond donors (Lipinski definition) is 2. The number of methoxy groups -OCH3 is 1. The molecule has 0 aromatic heterocycles. The van der Waals surface area contributed by atoms with Gasteiger partial charge in [-0.3, -0.25) is 10.1 Å². The Bertz CT molecular complexity index is 886. The number of carbonyl (C=O) groups excluding carboxylic acids is 3. The number of amides is 3. The van der Waals surface area contributed by atoms with Crippen LogP contribution in [0.1, 0.15) is 5.56 Å². The maximum absolute atomic E-state index is 13.4. The maximum atomic E-state index is 13.4. The van der Waals surface area contributed by atoms with Crippen molar-refractivity contribution in [1.82, 2.24) is 5.32 Å². The number of ether oxygens (including phenoxy) is 2. The van der Waals surface area contributed by atoms with Crippen LogP contribution in [0.25, 0.3) is 0 Å². The van der Waals surface area contributed by atoms with Crippen LogP contribution >= 0.6 is 0 Å². The number of nitrogens with zero attached hydrogens (tertiary/aromatic N) is 1. The molecular formula is C19H18FN3O6. The van der Waals surface area contributed by atoms with Crippen LogP contribution in [0, 0.1) is 5.82 Å². The Hall–Kier alpha value is -3.95. The van der Waals surface area contributed by atoms with Gasteiger partial charge >= 0.3 is 12.0 Å². The van der Waals surface area contributed by atoms with Gasteiger partial charge in [0.15, 0.2) is 6.61 Å². The number of benzene rings is 2. The van der Waals surface area contributed by atoms with Crippen LogP contribution in [0.4, 0.5) is 14.9 Å². The van der Waals surface area contributed by atoms with Crippen LogP contribution < -0.4 is 15.4 Å². The van der Waals surface area contributed by atoms with Crippen molar-refractivity contribution in [1.29, 1.82) is 0 Å². The van der Waals surface area contributed by atoms with Gasteiger partial charge < -0.3 is 19.6 Å². The first kappa shape index (κ1) is 21.4. The van der Waals surface area contributed by atoms with Gasteiger partial charge in [0.25, 0.3) is 5.91 Å². The van der Waals surface area contributed by atoms with E-state index in [0.717, 1.165) is 11.6 Å². The highest BCUT2D eigenvalue weighted by Crippen LogP contribution is 2.12. The average Bonchev–Trinajstić information content (AvgIpc) is 2.72. The van der Waals surface area contributed by atoms with E-state index in [1.807, 2.05) is 5.32 Å². The Morgan fingerprint density at radius 2 is 1.79 bits per heavy atom. The number of para-hydroxylation sites is 1. The van der Waals surface area contributed by atoms with E-state index in [1.54, 1.807) is 31.4 Å². The molecule has 0 saturated carbocycles. The second-order valence-electron chi connectivity index (χ2n) is 5.42. The first-order chi connectivity index (χ1) is 14.0. The molecule has 2 aromatic carbocycles. The quantitative estimate of drug-likeness (QED) is 0.396. The van der Waals surface area contributed by atoms with Crippen LogP contribution in [0.3, 0.4) is 0 Å². The summed E-state index contributed by atoms with van der Waals surface area (Å²) in [6.07, 6.45) is 1.38. The lowest BCUT2D eigenvalue weighted by Gasteiger charge is -2.07. The summed E-state index contributed by atoms with van der Waals surface area (Å²) in [7, 11) is 1.55. The number of rotatable bonds is 8. The van der Waals surface area contributed by atoms with Gasteiger partial charge in [-0.2, -0.15) is 0 Å². The molecule has 9 nitrogen and oxygen atoms in total. The van der Waals surface area contributed by atoms with Crippen LogP contribution in [0.5, 0.6) is 5.75 Å². The minimum Gasteiger partial charge on any atom is -0.497 e. The molecule has 2 rings (SSSR count). The van der Waals surface area contributed by atoms with Crippen molar-refractivity contribution in [3.8, 4) is 5.75 Å². The minimum atomic E-state index is -0.962. The van der Waals surface area contributed by atoms with Gasteiger partial charge in [-0.15, -0.1) is 0 Å². The first-order valence-electron chi connectivity index (χ1n) is 8.28. The van der Waals surface area contributed by atoms with E-state index in [9.17, 15) is 18.8 Å². The molecule has 0 atom stereocenters. The van der Waals surface area contributed by atoms with Gasteiger partial charge in [0, 0.05) is 0 Å². The van der Waals surface area contributed by atoms with Gasteiger partial charge in [-0.25, -0.2) is 14.0 Å². The normalized spacial score (nSPS) is 10.3. The molecular weight excluding hydrogens is 385 g/mol. The summed E-state index contributed by atoms with van der Waals surface area (Å²) in [6, 6.07) is 11.4. The SMILES string of the molecule is COc1ccc(/C=N\OCC(=O)OCC(=O)NC(=O)Nc2ccccc2F)cc1. The third-order valence-corrected chi connectivity index (χ3v) is 3.31. The van der Waals surface area contributed by atoms with E-state index in [1.165, 1.54) is 24.4 Å². The number of hydrogen-bond acceptors (Lipinski definition) is 7. The Balaban J connectivity index is 1.65. The zero-order valence-corrected chi connectivity index (χ0v) is 15.4. The van der Waals surface area contributed by atoms with Gasteiger partial charge in [0.1, 0.15) is 11.6 Å². The Morgan fingerprint density at radius 1 is 1.07 bits per heavy atom. The fourth-order valence-corrected chi connectivity index (χ4v) is 1.94. The lowest BCUT2D eigenvalue weighted by atomic mass is 10.2. The molecule has 152 valence electrons. The summed E-state index contributed by atoms with van der Waals surface area (Å²) in [4.78, 5) is 39.4. The number of esters is 1. The number of urea groups is 1. The van der Waals surface area contributed by atoms with E-state index in [2.05, 4.69) is 15.2 Å². The molecule has 0 unspecified atom stereocenters. The van der Waals surface area contributed by atoms with Crippen LogP contribution in [0.2, 0.25) is 0 Å². The zero-order chi connectivity index (χ0) is 21.1. The second-order valence-corrected chi connectivity index (χ2v) is 5.42. The topological polar surface area (TPSA) is 115 Å². The molecule has 3 amide bonds. The largest absolute Gasteiger partial charge is 0.497 e. The molecule has 0 heterocycles. The van der Waals surface area contributed by atoms with Crippen molar-refractivity contribution < 1.29 is 33.1 Å². The highest BCUT2D eigenvalue weighted by Gasteiger charge is 2.12. The van der Waals surface area contributed by atoms with Crippen LogP contribution in [-0.4, -0.2) is 44.4 Å². The smallest absolute Gasteiger partial charge is 0.347 e. The molecule has 10 heteroatoms. The van der Waals surface area contributed by atoms with E-state index < -0.39 is 36.9 Å². The maximum Gasteiger partial charge on any atom is 0.347 e. The number of nitrogens with one attached hydrogen (secondary N) is 2. The third kappa shape index (κ3) is 7.67. The Morgan fingerprint density at radius 3 is 2.48 bits per heavy atom. The number of carbonyl (C=O) groups is 3. The van der Waals surface area contributed by atoms with E-state index in [4.69, 9.17) is 9.57 Å². The molecule has 0 aliphatic rings. The summed E-state index contributed by atoms with van der Waals surface area (Å²) in [5, 5.41) is 7.65. The third-order valence-electron chi connectivity index (χ3n) is 3.31. The first-order valence-corrected chi connectivity index (χ1v) is 8.28. The van der Waals surface area contributed by atoms with Crippen molar-refractivity contribution in [2.45, 2.75) is 0 Å².